The van der Waals surface area contributed by atoms with E-state index in [0.29, 0.717) is 11.1 Å². The monoisotopic (exact) mass is 241 g/mol. The summed E-state index contributed by atoms with van der Waals surface area (Å²) >= 11 is 6.11. The molecule has 0 amide bonds. The lowest BCUT2D eigenvalue weighted by Crippen LogP contribution is -2.18. The zero-order valence-corrected chi connectivity index (χ0v) is 10.7. The number of hydrogen-bond acceptors (Lipinski definition) is 2. The van der Waals surface area contributed by atoms with E-state index in [1.54, 1.807) is 0 Å². The minimum atomic E-state index is 0.0520. The summed E-state index contributed by atoms with van der Waals surface area (Å²) in [4.78, 5) is 0. The second-order valence-corrected chi connectivity index (χ2v) is 4.42. The van der Waals surface area contributed by atoms with Crippen LogP contribution in [0.15, 0.2) is 18.2 Å². The van der Waals surface area contributed by atoms with Gasteiger partial charge in [0.25, 0.3) is 0 Å². The lowest BCUT2D eigenvalue weighted by Gasteiger charge is -2.19. The fraction of sp³-hybridized carbons (Fsp3) is 0.538. The van der Waals surface area contributed by atoms with Gasteiger partial charge in [-0.3, -0.25) is 0 Å². The number of halogens is 1. The number of anilines is 1. The van der Waals surface area contributed by atoms with Crippen molar-refractivity contribution in [2.75, 3.05) is 5.32 Å². The Morgan fingerprint density at radius 3 is 2.69 bits per heavy atom. The van der Waals surface area contributed by atoms with Crippen molar-refractivity contribution >= 4 is 17.3 Å². The first-order valence-corrected chi connectivity index (χ1v) is 6.24. The molecular weight excluding hydrogens is 222 g/mol. The van der Waals surface area contributed by atoms with Crippen molar-refractivity contribution < 1.29 is 5.11 Å². The lowest BCUT2D eigenvalue weighted by atomic mass is 10.1. The number of aliphatic hydroxyl groups is 1. The number of hydrogen-bond donors (Lipinski definition) is 2. The largest absolute Gasteiger partial charge is 0.392 e. The van der Waals surface area contributed by atoms with E-state index in [4.69, 9.17) is 16.7 Å². The maximum absolute atomic E-state index is 9.08. The van der Waals surface area contributed by atoms with E-state index >= 15 is 0 Å². The molecule has 1 atom stereocenters. The van der Waals surface area contributed by atoms with E-state index in [9.17, 15) is 0 Å². The molecule has 0 aliphatic rings. The zero-order chi connectivity index (χ0) is 12.0. The Hall–Kier alpha value is -0.730. The van der Waals surface area contributed by atoms with Crippen LogP contribution in [0.1, 0.15) is 38.7 Å². The number of benzene rings is 1. The van der Waals surface area contributed by atoms with E-state index in [0.717, 1.165) is 30.5 Å². The maximum atomic E-state index is 9.08. The molecule has 3 heteroatoms. The summed E-state index contributed by atoms with van der Waals surface area (Å²) < 4.78 is 0. The lowest BCUT2D eigenvalue weighted by molar-refractivity contribution is 0.282. The van der Waals surface area contributed by atoms with Crippen LogP contribution in [0.5, 0.6) is 0 Å². The van der Waals surface area contributed by atoms with Crippen molar-refractivity contribution in [3.8, 4) is 0 Å². The van der Waals surface area contributed by atoms with Gasteiger partial charge in [0, 0.05) is 6.04 Å². The Kier molecular flexibility index (Phi) is 5.64. The molecule has 16 heavy (non-hydrogen) atoms. The van der Waals surface area contributed by atoms with Crippen LogP contribution in [0.4, 0.5) is 5.69 Å². The summed E-state index contributed by atoms with van der Waals surface area (Å²) in [7, 11) is 0. The summed E-state index contributed by atoms with van der Waals surface area (Å²) in [6.45, 7) is 4.39. The Labute approximate surface area is 103 Å². The topological polar surface area (TPSA) is 32.3 Å². The van der Waals surface area contributed by atoms with Crippen LogP contribution in [0, 0.1) is 0 Å². The Morgan fingerprint density at radius 2 is 2.12 bits per heavy atom. The summed E-state index contributed by atoms with van der Waals surface area (Å²) in [5.74, 6) is 0. The highest BCUT2D eigenvalue weighted by molar-refractivity contribution is 6.33. The minimum absolute atomic E-state index is 0.0520. The molecule has 1 rings (SSSR count). The molecule has 1 aromatic carbocycles. The van der Waals surface area contributed by atoms with E-state index in [-0.39, 0.29) is 6.61 Å². The fourth-order valence-electron chi connectivity index (χ4n) is 1.73. The molecule has 0 radical (unpaired) electrons. The molecule has 0 aromatic heterocycles. The number of nitrogens with one attached hydrogen (secondary N) is 1. The second kappa shape index (κ2) is 6.77. The molecule has 0 saturated heterocycles. The molecule has 0 aliphatic heterocycles. The predicted octanol–water partition coefficient (Wildman–Crippen LogP) is 3.82. The average molecular weight is 242 g/mol. The average Bonchev–Trinajstić information content (AvgIpc) is 2.31. The maximum Gasteiger partial charge on any atom is 0.0682 e. The van der Waals surface area contributed by atoms with Crippen LogP contribution in [-0.2, 0) is 6.61 Å². The van der Waals surface area contributed by atoms with Crippen molar-refractivity contribution in [2.45, 2.75) is 45.8 Å². The third-order valence-electron chi connectivity index (χ3n) is 2.70. The predicted molar refractivity (Wildman–Crippen MR) is 70.0 cm³/mol. The van der Waals surface area contributed by atoms with Crippen molar-refractivity contribution in [3.63, 3.8) is 0 Å². The molecule has 0 fully saturated rings. The Morgan fingerprint density at radius 1 is 1.38 bits per heavy atom. The number of rotatable bonds is 6. The van der Waals surface area contributed by atoms with Crippen molar-refractivity contribution in [3.05, 3.63) is 28.8 Å². The molecule has 1 aromatic rings. The van der Waals surface area contributed by atoms with Crippen molar-refractivity contribution in [1.29, 1.82) is 0 Å². The first-order valence-electron chi connectivity index (χ1n) is 5.87. The third kappa shape index (κ3) is 3.69. The summed E-state index contributed by atoms with van der Waals surface area (Å²) in [5, 5.41) is 13.2. The van der Waals surface area contributed by atoms with E-state index < -0.39 is 0 Å². The zero-order valence-electron chi connectivity index (χ0n) is 9.96. The molecule has 90 valence electrons. The normalized spacial score (nSPS) is 12.5. The first-order chi connectivity index (χ1) is 7.71. The van der Waals surface area contributed by atoms with Gasteiger partial charge >= 0.3 is 0 Å². The highest BCUT2D eigenvalue weighted by atomic mass is 35.5. The van der Waals surface area contributed by atoms with Gasteiger partial charge in [0.1, 0.15) is 0 Å². The molecule has 0 aliphatic carbocycles. The van der Waals surface area contributed by atoms with Gasteiger partial charge in [0.05, 0.1) is 17.3 Å². The molecule has 0 heterocycles. The smallest absolute Gasteiger partial charge is 0.0682 e. The molecule has 1 unspecified atom stereocenters. The fourth-order valence-corrected chi connectivity index (χ4v) is 1.90. The quantitative estimate of drug-likeness (QED) is 0.794. The Bertz CT molecular complexity index is 328. The highest BCUT2D eigenvalue weighted by Gasteiger charge is 2.08. The van der Waals surface area contributed by atoms with Gasteiger partial charge in [-0.15, -0.1) is 0 Å². The molecule has 0 saturated carbocycles. The highest BCUT2D eigenvalue weighted by Crippen LogP contribution is 2.25. The number of aliphatic hydroxyl groups excluding tert-OH is 1. The van der Waals surface area contributed by atoms with Gasteiger partial charge in [-0.05, 0) is 30.5 Å². The molecule has 2 N–H and O–H groups in total. The summed E-state index contributed by atoms with van der Waals surface area (Å²) in [5.41, 5.74) is 1.81. The van der Waals surface area contributed by atoms with Crippen LogP contribution < -0.4 is 5.32 Å². The van der Waals surface area contributed by atoms with Crippen LogP contribution >= 0.6 is 11.6 Å². The summed E-state index contributed by atoms with van der Waals surface area (Å²) in [6, 6.07) is 6.04. The molecular formula is C13H20ClNO. The first kappa shape index (κ1) is 13.3. The van der Waals surface area contributed by atoms with E-state index in [2.05, 4.69) is 19.2 Å². The van der Waals surface area contributed by atoms with E-state index in [1.165, 1.54) is 0 Å². The van der Waals surface area contributed by atoms with Gasteiger partial charge < -0.3 is 10.4 Å². The van der Waals surface area contributed by atoms with Gasteiger partial charge in [0.15, 0.2) is 0 Å². The summed E-state index contributed by atoms with van der Waals surface area (Å²) in [6.07, 6.45) is 3.37. The molecule has 0 bridgehead atoms. The van der Waals surface area contributed by atoms with Crippen LogP contribution in [0.25, 0.3) is 0 Å². The second-order valence-electron chi connectivity index (χ2n) is 4.01. The van der Waals surface area contributed by atoms with Crippen LogP contribution in [0.3, 0.4) is 0 Å². The molecule has 0 spiro atoms. The van der Waals surface area contributed by atoms with Gasteiger partial charge in [-0.2, -0.15) is 0 Å². The minimum Gasteiger partial charge on any atom is -0.392 e. The van der Waals surface area contributed by atoms with Gasteiger partial charge in [-0.1, -0.05) is 37.9 Å². The third-order valence-corrected chi connectivity index (χ3v) is 3.03. The van der Waals surface area contributed by atoms with Crippen LogP contribution in [-0.4, -0.2) is 11.1 Å². The molecule has 2 nitrogen and oxygen atoms in total. The van der Waals surface area contributed by atoms with Crippen molar-refractivity contribution in [2.24, 2.45) is 0 Å². The van der Waals surface area contributed by atoms with Gasteiger partial charge in [-0.25, -0.2) is 0 Å². The Balaban J connectivity index is 2.77. The SMILES string of the molecule is CCCC(CC)Nc1cc(CO)ccc1Cl. The van der Waals surface area contributed by atoms with Crippen LogP contribution in [0.2, 0.25) is 5.02 Å². The van der Waals surface area contributed by atoms with Gasteiger partial charge in [0.2, 0.25) is 0 Å². The van der Waals surface area contributed by atoms with Crippen molar-refractivity contribution in [1.82, 2.24) is 0 Å². The standard InChI is InChI=1S/C13H20ClNO/c1-3-5-11(4-2)15-13-8-10(9-16)6-7-12(13)14/h6-8,11,15-16H,3-5,9H2,1-2H3. The van der Waals surface area contributed by atoms with E-state index in [1.807, 2.05) is 18.2 Å².